The number of hydrogen-bond acceptors (Lipinski definition) is 7. The molecule has 1 heterocycles. The number of rotatable bonds is 8. The lowest BCUT2D eigenvalue weighted by Crippen LogP contribution is -2.27. The zero-order chi connectivity index (χ0) is 24.3. The molecule has 0 N–H and O–H groups in total. The number of aromatic nitrogens is 1. The summed E-state index contributed by atoms with van der Waals surface area (Å²) in [4.78, 5) is 28.0. The molecule has 2 aromatic carbocycles. The summed E-state index contributed by atoms with van der Waals surface area (Å²) in [6, 6.07) is 8.34. The lowest BCUT2D eigenvalue weighted by molar-refractivity contribution is -0.384. The van der Waals surface area contributed by atoms with E-state index in [1.807, 2.05) is 6.92 Å². The first-order valence-corrected chi connectivity index (χ1v) is 12.3. The van der Waals surface area contributed by atoms with Gasteiger partial charge in [-0.05, 0) is 30.7 Å². The van der Waals surface area contributed by atoms with E-state index in [-0.39, 0.29) is 16.1 Å². The highest BCUT2D eigenvalue weighted by atomic mass is 32.2. The van der Waals surface area contributed by atoms with Gasteiger partial charge >= 0.3 is 0 Å². The van der Waals surface area contributed by atoms with Crippen molar-refractivity contribution in [3.8, 4) is 5.75 Å². The lowest BCUT2D eigenvalue weighted by atomic mass is 10.2. The fraction of sp³-hybridized carbons (Fsp3) is 0.333. The highest BCUT2D eigenvalue weighted by Crippen LogP contribution is 2.32. The van der Waals surface area contributed by atoms with Crippen molar-refractivity contribution in [2.45, 2.75) is 24.7 Å². The number of amides is 1. The van der Waals surface area contributed by atoms with Crippen LogP contribution in [0.4, 0.5) is 5.69 Å². The molecule has 0 aliphatic heterocycles. The Morgan fingerprint density at radius 3 is 2.52 bits per heavy atom. The monoisotopic (exact) mass is 492 g/mol. The van der Waals surface area contributed by atoms with E-state index in [0.29, 0.717) is 27.3 Å². The summed E-state index contributed by atoms with van der Waals surface area (Å²) in [7, 11) is 0.984. The molecule has 0 atom stereocenters. The molecule has 0 radical (unpaired) electrons. The second-order valence-electron chi connectivity index (χ2n) is 7.32. The number of nitro benzene ring substituents is 1. The van der Waals surface area contributed by atoms with Gasteiger partial charge in [-0.2, -0.15) is 4.99 Å². The predicted molar refractivity (Wildman–Crippen MR) is 125 cm³/mol. The van der Waals surface area contributed by atoms with Crippen LogP contribution in [0.5, 0.6) is 5.75 Å². The van der Waals surface area contributed by atoms with Crippen molar-refractivity contribution in [3.63, 3.8) is 0 Å². The SMILES string of the molecule is CCCCN(C)S(=O)(=O)c1ccc(C(=O)N=c2sc3cc([N+](=O)[O-])cc(OC)c3n2C)cc1. The van der Waals surface area contributed by atoms with Crippen LogP contribution in [0.1, 0.15) is 30.1 Å². The molecule has 0 unspecified atom stereocenters. The summed E-state index contributed by atoms with van der Waals surface area (Å²) in [5, 5.41) is 11.2. The summed E-state index contributed by atoms with van der Waals surface area (Å²) < 4.78 is 34.0. The highest BCUT2D eigenvalue weighted by molar-refractivity contribution is 7.89. The van der Waals surface area contributed by atoms with Gasteiger partial charge in [0, 0.05) is 32.3 Å². The number of non-ortho nitro benzene ring substituents is 1. The molecule has 0 spiro atoms. The number of ether oxygens (including phenoxy) is 1. The van der Waals surface area contributed by atoms with Crippen LogP contribution in [-0.4, -0.2) is 48.8 Å². The number of benzene rings is 2. The Balaban J connectivity index is 1.96. The Labute approximate surface area is 195 Å². The van der Waals surface area contributed by atoms with E-state index in [1.165, 1.54) is 54.9 Å². The maximum Gasteiger partial charge on any atom is 0.279 e. The minimum atomic E-state index is -3.64. The third-order valence-corrected chi connectivity index (χ3v) is 8.06. The number of unbranched alkanes of at least 4 members (excludes halogenated alkanes) is 1. The second-order valence-corrected chi connectivity index (χ2v) is 10.4. The van der Waals surface area contributed by atoms with Gasteiger partial charge in [0.25, 0.3) is 11.6 Å². The number of nitrogens with zero attached hydrogens (tertiary/aromatic N) is 4. The Bertz CT molecular complexity index is 1370. The van der Waals surface area contributed by atoms with E-state index in [9.17, 15) is 23.3 Å². The molecule has 10 nitrogen and oxygen atoms in total. The molecule has 0 saturated heterocycles. The first kappa shape index (κ1) is 24.6. The molecular weight excluding hydrogens is 468 g/mol. The van der Waals surface area contributed by atoms with Gasteiger partial charge in [-0.15, -0.1) is 0 Å². The zero-order valence-corrected chi connectivity index (χ0v) is 20.3. The number of nitro groups is 1. The van der Waals surface area contributed by atoms with Gasteiger partial charge in [0.15, 0.2) is 10.6 Å². The molecule has 0 bridgehead atoms. The number of sulfonamides is 1. The van der Waals surface area contributed by atoms with Crippen LogP contribution < -0.4 is 9.54 Å². The van der Waals surface area contributed by atoms with E-state index in [2.05, 4.69) is 4.99 Å². The third-order valence-electron chi connectivity index (χ3n) is 5.11. The maximum atomic E-state index is 12.7. The number of carbonyl (C=O) groups excluding carboxylic acids is 1. The zero-order valence-electron chi connectivity index (χ0n) is 18.6. The van der Waals surface area contributed by atoms with E-state index < -0.39 is 20.9 Å². The van der Waals surface area contributed by atoms with Crippen molar-refractivity contribution in [3.05, 3.63) is 56.9 Å². The summed E-state index contributed by atoms with van der Waals surface area (Å²) >= 11 is 1.12. The van der Waals surface area contributed by atoms with Crippen LogP contribution in [0, 0.1) is 10.1 Å². The van der Waals surface area contributed by atoms with Gasteiger partial charge in [0.05, 0.1) is 27.7 Å². The third kappa shape index (κ3) is 4.97. The molecular formula is C21H24N4O6S2. The maximum absolute atomic E-state index is 12.7. The average Bonchev–Trinajstić information content (AvgIpc) is 3.11. The molecule has 0 aliphatic rings. The number of thiazole rings is 1. The Kier molecular flexibility index (Phi) is 7.30. The molecule has 1 amide bonds. The van der Waals surface area contributed by atoms with Crippen molar-refractivity contribution < 1.29 is 22.9 Å². The first-order valence-electron chi connectivity index (χ1n) is 10.1. The largest absolute Gasteiger partial charge is 0.494 e. The van der Waals surface area contributed by atoms with Crippen molar-refractivity contribution in [2.24, 2.45) is 12.0 Å². The number of hydrogen-bond donors (Lipinski definition) is 0. The number of carbonyl (C=O) groups is 1. The summed E-state index contributed by atoms with van der Waals surface area (Å²) in [5.41, 5.74) is 0.677. The minimum absolute atomic E-state index is 0.0992. The van der Waals surface area contributed by atoms with Crippen molar-refractivity contribution >= 4 is 43.2 Å². The molecule has 0 fully saturated rings. The molecule has 33 heavy (non-hydrogen) atoms. The smallest absolute Gasteiger partial charge is 0.279 e. The van der Waals surface area contributed by atoms with Crippen LogP contribution >= 0.6 is 11.3 Å². The van der Waals surface area contributed by atoms with Gasteiger partial charge in [-0.3, -0.25) is 14.9 Å². The normalized spacial score (nSPS) is 12.5. The van der Waals surface area contributed by atoms with Crippen LogP contribution in [0.3, 0.4) is 0 Å². The molecule has 176 valence electrons. The number of aryl methyl sites for hydroxylation is 1. The lowest BCUT2D eigenvalue weighted by Gasteiger charge is -2.16. The molecule has 0 saturated carbocycles. The number of methoxy groups -OCH3 is 1. The van der Waals surface area contributed by atoms with Crippen LogP contribution in [0.2, 0.25) is 0 Å². The quantitative estimate of drug-likeness (QED) is 0.351. The minimum Gasteiger partial charge on any atom is -0.494 e. The van der Waals surface area contributed by atoms with Crippen molar-refractivity contribution in [1.82, 2.24) is 8.87 Å². The Hall–Kier alpha value is -3.09. The Morgan fingerprint density at radius 2 is 1.94 bits per heavy atom. The van der Waals surface area contributed by atoms with Gasteiger partial charge < -0.3 is 9.30 Å². The fourth-order valence-corrected chi connectivity index (χ4v) is 5.48. The standard InChI is InChI=1S/C21H24N4O6S2/c1-5-6-11-23(2)33(29,30)16-9-7-14(8-10-16)20(26)22-21-24(3)19-17(31-4)12-15(25(27)28)13-18(19)32-21/h7-10,12-13H,5-6,11H2,1-4H3. The second kappa shape index (κ2) is 9.81. The highest BCUT2D eigenvalue weighted by Gasteiger charge is 2.21. The van der Waals surface area contributed by atoms with Gasteiger partial charge in [0.1, 0.15) is 5.52 Å². The van der Waals surface area contributed by atoms with Gasteiger partial charge in [-0.1, -0.05) is 24.7 Å². The molecule has 12 heteroatoms. The molecule has 0 aliphatic carbocycles. The molecule has 1 aromatic heterocycles. The summed E-state index contributed by atoms with van der Waals surface area (Å²) in [5.74, 6) is -0.262. The van der Waals surface area contributed by atoms with Gasteiger partial charge in [-0.25, -0.2) is 12.7 Å². The Morgan fingerprint density at radius 1 is 1.27 bits per heavy atom. The summed E-state index contributed by atoms with van der Waals surface area (Å²) in [6.07, 6.45) is 1.63. The van der Waals surface area contributed by atoms with E-state index in [4.69, 9.17) is 4.74 Å². The fourth-order valence-electron chi connectivity index (χ4n) is 3.20. The predicted octanol–water partition coefficient (Wildman–Crippen LogP) is 3.32. The van der Waals surface area contributed by atoms with E-state index in [0.717, 1.165) is 24.2 Å². The van der Waals surface area contributed by atoms with Crippen molar-refractivity contribution in [2.75, 3.05) is 20.7 Å². The van der Waals surface area contributed by atoms with Crippen LogP contribution in [0.15, 0.2) is 46.3 Å². The summed E-state index contributed by atoms with van der Waals surface area (Å²) in [6.45, 7) is 2.40. The molecule has 3 aromatic rings. The topological polar surface area (TPSA) is 124 Å². The molecule has 3 rings (SSSR count). The van der Waals surface area contributed by atoms with Gasteiger partial charge in [0.2, 0.25) is 10.0 Å². The number of fused-ring (bicyclic) bond motifs is 1. The van der Waals surface area contributed by atoms with Crippen molar-refractivity contribution in [1.29, 1.82) is 0 Å². The van der Waals surface area contributed by atoms with Crippen LogP contribution in [-0.2, 0) is 17.1 Å². The van der Waals surface area contributed by atoms with E-state index >= 15 is 0 Å². The average molecular weight is 493 g/mol. The first-order chi connectivity index (χ1) is 15.6. The van der Waals surface area contributed by atoms with Crippen LogP contribution in [0.25, 0.3) is 10.2 Å². The van der Waals surface area contributed by atoms with E-state index in [1.54, 1.807) is 11.6 Å².